The van der Waals surface area contributed by atoms with Crippen molar-refractivity contribution in [3.05, 3.63) is 35.6 Å². The summed E-state index contributed by atoms with van der Waals surface area (Å²) in [5.41, 5.74) is 6.87. The van der Waals surface area contributed by atoms with Gasteiger partial charge in [0.05, 0.1) is 0 Å². The Morgan fingerprint density at radius 3 is 2.71 bits per heavy atom. The van der Waals surface area contributed by atoms with Gasteiger partial charge in [-0.15, -0.1) is 0 Å². The Hall–Kier alpha value is -0.970. The molecule has 2 unspecified atom stereocenters. The SMILES string of the molecule is CC(c1ccccc1F)N(C)C1(CN)CCCN(C)CC1. The molecule has 4 heteroatoms. The fourth-order valence-electron chi connectivity index (χ4n) is 3.45. The van der Waals surface area contributed by atoms with Crippen molar-refractivity contribution in [1.29, 1.82) is 0 Å². The second-order valence-electron chi connectivity index (χ2n) is 6.39. The maximum Gasteiger partial charge on any atom is 0.127 e. The number of nitrogens with two attached hydrogens (primary N) is 1. The third-order valence-electron chi connectivity index (χ3n) is 5.21. The highest BCUT2D eigenvalue weighted by Crippen LogP contribution is 2.34. The van der Waals surface area contributed by atoms with Gasteiger partial charge in [0.15, 0.2) is 0 Å². The summed E-state index contributed by atoms with van der Waals surface area (Å²) in [4.78, 5) is 4.66. The molecule has 2 rings (SSSR count). The quantitative estimate of drug-likeness (QED) is 0.926. The molecule has 1 fully saturated rings. The molecule has 1 aromatic rings. The van der Waals surface area contributed by atoms with Crippen LogP contribution in [0.4, 0.5) is 4.39 Å². The van der Waals surface area contributed by atoms with Crippen LogP contribution in [-0.4, -0.2) is 49.1 Å². The number of nitrogens with zero attached hydrogens (tertiary/aromatic N) is 2. The lowest BCUT2D eigenvalue weighted by Crippen LogP contribution is -2.53. The first kappa shape index (κ1) is 16.4. The van der Waals surface area contributed by atoms with Crippen LogP contribution in [0.2, 0.25) is 0 Å². The third-order valence-corrected chi connectivity index (χ3v) is 5.21. The van der Waals surface area contributed by atoms with Crippen molar-refractivity contribution >= 4 is 0 Å². The van der Waals surface area contributed by atoms with E-state index in [9.17, 15) is 4.39 Å². The van der Waals surface area contributed by atoms with Crippen LogP contribution in [0.1, 0.15) is 37.8 Å². The Labute approximate surface area is 127 Å². The molecule has 1 heterocycles. The third kappa shape index (κ3) is 3.44. The van der Waals surface area contributed by atoms with Crippen LogP contribution in [-0.2, 0) is 0 Å². The van der Waals surface area contributed by atoms with E-state index in [1.807, 2.05) is 12.1 Å². The number of likely N-dealkylation sites (tertiary alicyclic amines) is 1. The Morgan fingerprint density at radius 2 is 2.05 bits per heavy atom. The molecule has 1 aromatic carbocycles. The van der Waals surface area contributed by atoms with Crippen LogP contribution in [0.5, 0.6) is 0 Å². The fourth-order valence-corrected chi connectivity index (χ4v) is 3.45. The zero-order valence-electron chi connectivity index (χ0n) is 13.5. The van der Waals surface area contributed by atoms with E-state index in [-0.39, 0.29) is 17.4 Å². The summed E-state index contributed by atoms with van der Waals surface area (Å²) in [6.07, 6.45) is 3.25. The number of rotatable bonds is 4. The summed E-state index contributed by atoms with van der Waals surface area (Å²) in [6, 6.07) is 7.08. The van der Waals surface area contributed by atoms with E-state index < -0.39 is 0 Å². The van der Waals surface area contributed by atoms with Crippen molar-refractivity contribution in [2.24, 2.45) is 5.73 Å². The lowest BCUT2D eigenvalue weighted by atomic mass is 9.86. The zero-order chi connectivity index (χ0) is 15.5. The van der Waals surface area contributed by atoms with Gasteiger partial charge in [0.1, 0.15) is 5.82 Å². The van der Waals surface area contributed by atoms with Crippen molar-refractivity contribution in [3.8, 4) is 0 Å². The second-order valence-corrected chi connectivity index (χ2v) is 6.39. The highest BCUT2D eigenvalue weighted by molar-refractivity contribution is 5.21. The van der Waals surface area contributed by atoms with Crippen molar-refractivity contribution in [2.75, 3.05) is 33.7 Å². The van der Waals surface area contributed by atoms with E-state index in [2.05, 4.69) is 30.8 Å². The lowest BCUT2D eigenvalue weighted by molar-refractivity contribution is 0.0684. The zero-order valence-corrected chi connectivity index (χ0v) is 13.5. The maximum atomic E-state index is 14.1. The first-order valence-electron chi connectivity index (χ1n) is 7.86. The predicted octanol–water partition coefficient (Wildman–Crippen LogP) is 2.63. The highest BCUT2D eigenvalue weighted by atomic mass is 19.1. The number of hydrogen-bond acceptors (Lipinski definition) is 3. The molecular formula is C17H28FN3. The Balaban J connectivity index is 2.23. The molecule has 0 saturated carbocycles. The van der Waals surface area contributed by atoms with Crippen molar-refractivity contribution in [1.82, 2.24) is 9.80 Å². The van der Waals surface area contributed by atoms with E-state index in [1.165, 1.54) is 6.07 Å². The van der Waals surface area contributed by atoms with E-state index in [4.69, 9.17) is 5.73 Å². The van der Waals surface area contributed by atoms with Crippen LogP contribution in [0.15, 0.2) is 24.3 Å². The fraction of sp³-hybridized carbons (Fsp3) is 0.647. The molecule has 0 aromatic heterocycles. The molecule has 118 valence electrons. The molecule has 1 saturated heterocycles. The summed E-state index contributed by atoms with van der Waals surface area (Å²) in [6.45, 7) is 4.86. The van der Waals surface area contributed by atoms with Gasteiger partial charge in [-0.05, 0) is 59.4 Å². The van der Waals surface area contributed by atoms with Crippen molar-refractivity contribution < 1.29 is 4.39 Å². The summed E-state index contributed by atoms with van der Waals surface area (Å²) >= 11 is 0. The van der Waals surface area contributed by atoms with Crippen molar-refractivity contribution in [3.63, 3.8) is 0 Å². The molecular weight excluding hydrogens is 265 g/mol. The molecule has 1 aliphatic rings. The summed E-state index contributed by atoms with van der Waals surface area (Å²) < 4.78 is 14.1. The predicted molar refractivity (Wildman–Crippen MR) is 85.7 cm³/mol. The van der Waals surface area contributed by atoms with E-state index in [1.54, 1.807) is 6.07 Å². The lowest BCUT2D eigenvalue weighted by Gasteiger charge is -2.44. The average Bonchev–Trinajstić information content (AvgIpc) is 2.69. The van der Waals surface area contributed by atoms with Crippen molar-refractivity contribution in [2.45, 2.75) is 37.8 Å². The van der Waals surface area contributed by atoms with Gasteiger partial charge < -0.3 is 10.6 Å². The van der Waals surface area contributed by atoms with Gasteiger partial charge in [-0.2, -0.15) is 0 Å². The van der Waals surface area contributed by atoms with Gasteiger partial charge in [0.2, 0.25) is 0 Å². The number of hydrogen-bond donors (Lipinski definition) is 1. The summed E-state index contributed by atoms with van der Waals surface area (Å²) in [5, 5.41) is 0. The molecule has 2 atom stereocenters. The van der Waals surface area contributed by atoms with Crippen LogP contribution in [0.3, 0.4) is 0 Å². The van der Waals surface area contributed by atoms with Gasteiger partial charge in [-0.1, -0.05) is 18.2 Å². The monoisotopic (exact) mass is 293 g/mol. The first-order valence-corrected chi connectivity index (χ1v) is 7.86. The molecule has 0 bridgehead atoms. The Morgan fingerprint density at radius 1 is 1.33 bits per heavy atom. The number of halogens is 1. The average molecular weight is 293 g/mol. The summed E-state index contributed by atoms with van der Waals surface area (Å²) in [7, 11) is 4.25. The van der Waals surface area contributed by atoms with E-state index in [0.29, 0.717) is 6.54 Å². The van der Waals surface area contributed by atoms with Gasteiger partial charge in [0.25, 0.3) is 0 Å². The second kappa shape index (κ2) is 6.86. The topological polar surface area (TPSA) is 32.5 Å². The molecule has 3 nitrogen and oxygen atoms in total. The molecule has 0 amide bonds. The minimum atomic E-state index is -0.130. The van der Waals surface area contributed by atoms with E-state index in [0.717, 1.165) is 37.9 Å². The molecule has 1 aliphatic heterocycles. The highest BCUT2D eigenvalue weighted by Gasteiger charge is 2.37. The minimum Gasteiger partial charge on any atom is -0.329 e. The maximum absolute atomic E-state index is 14.1. The van der Waals surface area contributed by atoms with Crippen LogP contribution in [0.25, 0.3) is 0 Å². The Bertz CT molecular complexity index is 465. The number of benzene rings is 1. The molecule has 21 heavy (non-hydrogen) atoms. The Kier molecular flexibility index (Phi) is 5.36. The first-order chi connectivity index (χ1) is 10.00. The van der Waals surface area contributed by atoms with Gasteiger partial charge in [0, 0.05) is 23.7 Å². The smallest absolute Gasteiger partial charge is 0.127 e. The van der Waals surface area contributed by atoms with Gasteiger partial charge >= 0.3 is 0 Å². The van der Waals surface area contributed by atoms with Crippen LogP contribution >= 0.6 is 0 Å². The normalized spacial score (nSPS) is 25.8. The minimum absolute atomic E-state index is 0.0261. The standard InChI is InChI=1S/C17H28FN3/c1-14(15-7-4-5-8-16(15)18)21(3)17(13-19)9-6-11-20(2)12-10-17/h4-5,7-8,14H,6,9-13,19H2,1-3H3. The van der Waals surface area contributed by atoms with Crippen LogP contribution < -0.4 is 5.73 Å². The summed E-state index contributed by atoms with van der Waals surface area (Å²) in [5.74, 6) is -0.130. The largest absolute Gasteiger partial charge is 0.329 e. The molecule has 0 radical (unpaired) electrons. The van der Waals surface area contributed by atoms with E-state index >= 15 is 0 Å². The van der Waals surface area contributed by atoms with Gasteiger partial charge in [-0.3, -0.25) is 4.90 Å². The van der Waals surface area contributed by atoms with Gasteiger partial charge in [-0.25, -0.2) is 4.39 Å². The number of likely N-dealkylation sites (N-methyl/N-ethyl adjacent to an activating group) is 1. The van der Waals surface area contributed by atoms with Crippen LogP contribution in [0, 0.1) is 5.82 Å². The molecule has 0 spiro atoms. The molecule has 2 N–H and O–H groups in total. The molecule has 0 aliphatic carbocycles.